The number of nitrogens with zero attached hydrogens (tertiary/aromatic N) is 1. The number of hydrogen-bond acceptors (Lipinski definition) is 3. The van der Waals surface area contributed by atoms with Crippen molar-refractivity contribution in [1.29, 1.82) is 0 Å². The third-order valence-corrected chi connectivity index (χ3v) is 10.1. The summed E-state index contributed by atoms with van der Waals surface area (Å²) in [5.74, 6) is -2.10. The van der Waals surface area contributed by atoms with Crippen LogP contribution in [0.1, 0.15) is 59.1 Å². The van der Waals surface area contributed by atoms with Crippen molar-refractivity contribution in [1.82, 2.24) is 4.90 Å². The normalized spacial score (nSPS) is 26.3. The van der Waals surface area contributed by atoms with Crippen LogP contribution in [0.15, 0.2) is 66.7 Å². The number of amides is 3. The van der Waals surface area contributed by atoms with Crippen molar-refractivity contribution < 1.29 is 14.4 Å². The smallest absolute Gasteiger partial charge is 0.235 e. The Morgan fingerprint density at radius 3 is 1.79 bits per heavy atom. The van der Waals surface area contributed by atoms with Gasteiger partial charge in [0.15, 0.2) is 0 Å². The summed E-state index contributed by atoms with van der Waals surface area (Å²) in [6.45, 7) is 4.30. The molecule has 4 aliphatic rings. The molecule has 0 radical (unpaired) electrons. The number of carbonyl (C=O) groups is 3. The maximum atomic E-state index is 13.8. The molecule has 1 N–H and O–H groups in total. The van der Waals surface area contributed by atoms with Gasteiger partial charge < -0.3 is 5.32 Å². The van der Waals surface area contributed by atoms with Gasteiger partial charge in [-0.15, -0.1) is 23.2 Å². The fraction of sp³-hybridized carbons (Fsp3) is 0.344. The standard InChI is InChI=1S/C32H30Cl2N2O3/c1-19-11-10-16-25(20(19)2)35-26(37)17-4-3-9-18-36-29(38)27-28(30(36)39)32(34)22-13-6-5-12-21(22)31(27,33)23-14-7-8-15-24(23)32/h5-8,10-16,27-28H,3-4,9,17-18H2,1-2H3,(H,35,37)/t27-,28-,31?,32?/m1/s1. The lowest BCUT2D eigenvalue weighted by molar-refractivity contribution is -0.140. The van der Waals surface area contributed by atoms with E-state index in [4.69, 9.17) is 23.2 Å². The first-order valence-electron chi connectivity index (χ1n) is 13.5. The van der Waals surface area contributed by atoms with Crippen LogP contribution in [0.2, 0.25) is 0 Å². The zero-order valence-electron chi connectivity index (χ0n) is 22.0. The summed E-state index contributed by atoms with van der Waals surface area (Å²) in [6, 6.07) is 21.2. The quantitative estimate of drug-likeness (QED) is 0.206. The molecule has 0 spiro atoms. The molecule has 3 aromatic rings. The largest absolute Gasteiger partial charge is 0.326 e. The van der Waals surface area contributed by atoms with Crippen molar-refractivity contribution in [2.45, 2.75) is 49.3 Å². The monoisotopic (exact) mass is 560 g/mol. The van der Waals surface area contributed by atoms with Crippen molar-refractivity contribution in [3.8, 4) is 0 Å². The number of halogens is 2. The van der Waals surface area contributed by atoms with E-state index >= 15 is 0 Å². The molecule has 0 aromatic heterocycles. The number of carbonyl (C=O) groups excluding carboxylic acids is 3. The van der Waals surface area contributed by atoms with Gasteiger partial charge in [-0.05, 0) is 66.1 Å². The average molecular weight is 562 g/mol. The number of hydrogen-bond donors (Lipinski definition) is 1. The topological polar surface area (TPSA) is 66.5 Å². The van der Waals surface area contributed by atoms with Gasteiger partial charge in [-0.25, -0.2) is 0 Å². The third kappa shape index (κ3) is 3.70. The Morgan fingerprint density at radius 2 is 1.28 bits per heavy atom. The number of benzene rings is 3. The number of unbranched alkanes of at least 4 members (excludes halogenated alkanes) is 2. The highest BCUT2D eigenvalue weighted by atomic mass is 35.5. The van der Waals surface area contributed by atoms with Gasteiger partial charge in [-0.2, -0.15) is 0 Å². The van der Waals surface area contributed by atoms with E-state index in [1.54, 1.807) is 0 Å². The van der Waals surface area contributed by atoms with E-state index in [9.17, 15) is 14.4 Å². The van der Waals surface area contributed by atoms with Crippen molar-refractivity contribution in [2.24, 2.45) is 11.8 Å². The first-order valence-corrected chi connectivity index (χ1v) is 14.3. The lowest BCUT2D eigenvalue weighted by Crippen LogP contribution is -2.57. The Labute approximate surface area is 238 Å². The first kappa shape index (κ1) is 26.1. The molecule has 1 saturated heterocycles. The predicted molar refractivity (Wildman–Crippen MR) is 153 cm³/mol. The summed E-state index contributed by atoms with van der Waals surface area (Å²) in [4.78, 5) is 39.2. The molecule has 2 atom stereocenters. The molecule has 2 bridgehead atoms. The summed E-state index contributed by atoms with van der Waals surface area (Å²) < 4.78 is 0. The average Bonchev–Trinajstić information content (AvgIpc) is 3.20. The van der Waals surface area contributed by atoms with E-state index in [1.807, 2.05) is 80.6 Å². The van der Waals surface area contributed by atoms with Crippen molar-refractivity contribution in [2.75, 3.05) is 11.9 Å². The second-order valence-corrected chi connectivity index (χ2v) is 12.1. The van der Waals surface area contributed by atoms with E-state index in [2.05, 4.69) is 5.32 Å². The summed E-state index contributed by atoms with van der Waals surface area (Å²) in [5.41, 5.74) is 6.24. The lowest BCUT2D eigenvalue weighted by atomic mass is 9.54. The van der Waals surface area contributed by atoms with E-state index < -0.39 is 21.6 Å². The number of likely N-dealkylation sites (tertiary alicyclic amines) is 1. The molecule has 200 valence electrons. The fourth-order valence-corrected chi connectivity index (χ4v) is 7.87. The Morgan fingerprint density at radius 1 is 0.769 bits per heavy atom. The Bertz CT molecular complexity index is 1400. The van der Waals surface area contributed by atoms with Gasteiger partial charge in [0.05, 0.1) is 11.8 Å². The highest BCUT2D eigenvalue weighted by Gasteiger charge is 2.72. The highest BCUT2D eigenvalue weighted by Crippen LogP contribution is 2.69. The van der Waals surface area contributed by atoms with Crippen molar-refractivity contribution >= 4 is 46.6 Å². The van der Waals surface area contributed by atoms with Crippen LogP contribution < -0.4 is 5.32 Å². The molecular formula is C32H30Cl2N2O3. The van der Waals surface area contributed by atoms with Crippen molar-refractivity contribution in [3.05, 3.63) is 100 Å². The number of nitrogens with one attached hydrogen (secondary N) is 1. The number of alkyl halides is 2. The minimum absolute atomic E-state index is 0.0386. The summed E-state index contributed by atoms with van der Waals surface area (Å²) in [6.07, 6.45) is 2.36. The van der Waals surface area contributed by atoms with E-state index in [1.165, 1.54) is 4.90 Å². The predicted octanol–water partition coefficient (Wildman–Crippen LogP) is 6.40. The molecule has 3 amide bonds. The molecule has 0 unspecified atom stereocenters. The summed E-state index contributed by atoms with van der Waals surface area (Å²) in [5, 5.41) is 2.99. The van der Waals surface area contributed by atoms with Gasteiger partial charge in [-0.3, -0.25) is 19.3 Å². The number of imide groups is 1. The Hall–Kier alpha value is -3.15. The molecule has 39 heavy (non-hydrogen) atoms. The molecule has 1 heterocycles. The van der Waals surface area contributed by atoms with Crippen LogP contribution in [0, 0.1) is 25.7 Å². The van der Waals surface area contributed by atoms with Crippen LogP contribution in [-0.4, -0.2) is 29.2 Å². The van der Waals surface area contributed by atoms with E-state index in [-0.39, 0.29) is 24.3 Å². The Kier molecular flexibility index (Phi) is 6.35. The van der Waals surface area contributed by atoms with Crippen LogP contribution in [0.25, 0.3) is 0 Å². The molecule has 5 nitrogen and oxygen atoms in total. The minimum Gasteiger partial charge on any atom is -0.326 e. The molecule has 1 aliphatic heterocycles. The van der Waals surface area contributed by atoms with Crippen LogP contribution >= 0.6 is 23.2 Å². The molecule has 0 saturated carbocycles. The van der Waals surface area contributed by atoms with Crippen LogP contribution in [0.5, 0.6) is 0 Å². The maximum Gasteiger partial charge on any atom is 0.235 e. The second-order valence-electron chi connectivity index (χ2n) is 10.9. The Balaban J connectivity index is 1.16. The molecule has 1 fully saturated rings. The molecular weight excluding hydrogens is 531 g/mol. The minimum atomic E-state index is -1.15. The molecule has 3 aromatic carbocycles. The number of anilines is 1. The zero-order chi connectivity index (χ0) is 27.5. The SMILES string of the molecule is Cc1cccc(NC(=O)CCCCCN2C(=O)[C@H]3[C@H](C2=O)C2(Cl)c4ccccc4C3(Cl)c3ccccc32)c1C. The van der Waals surface area contributed by atoms with Gasteiger partial charge in [0.25, 0.3) is 0 Å². The zero-order valence-corrected chi connectivity index (χ0v) is 23.5. The van der Waals surface area contributed by atoms with Gasteiger partial charge >= 0.3 is 0 Å². The van der Waals surface area contributed by atoms with Crippen LogP contribution in [0.4, 0.5) is 5.69 Å². The number of rotatable bonds is 7. The molecule has 7 rings (SSSR count). The van der Waals surface area contributed by atoms with Gasteiger partial charge in [0, 0.05) is 18.7 Å². The van der Waals surface area contributed by atoms with Crippen molar-refractivity contribution in [3.63, 3.8) is 0 Å². The summed E-state index contributed by atoms with van der Waals surface area (Å²) >= 11 is 14.9. The second kappa shape index (κ2) is 9.50. The van der Waals surface area contributed by atoms with Gasteiger partial charge in [-0.1, -0.05) is 67.1 Å². The third-order valence-electron chi connectivity index (χ3n) is 8.84. The van der Waals surface area contributed by atoms with E-state index in [0.717, 1.165) is 39.1 Å². The fourth-order valence-electron chi connectivity index (χ4n) is 6.78. The first-order chi connectivity index (χ1) is 18.7. The van der Waals surface area contributed by atoms with E-state index in [0.29, 0.717) is 25.7 Å². The van der Waals surface area contributed by atoms with Crippen LogP contribution in [-0.2, 0) is 24.1 Å². The highest BCUT2D eigenvalue weighted by molar-refractivity contribution is 6.36. The van der Waals surface area contributed by atoms with Gasteiger partial charge in [0.1, 0.15) is 9.75 Å². The molecule has 3 aliphatic carbocycles. The number of aryl methyl sites for hydroxylation is 1. The van der Waals surface area contributed by atoms with Gasteiger partial charge in [0.2, 0.25) is 17.7 Å². The lowest BCUT2D eigenvalue weighted by Gasteiger charge is -2.54. The maximum absolute atomic E-state index is 13.8. The molecule has 7 heteroatoms. The van der Waals surface area contributed by atoms with Crippen LogP contribution in [0.3, 0.4) is 0 Å². The summed E-state index contributed by atoms with van der Waals surface area (Å²) in [7, 11) is 0.